The predicted octanol–water partition coefficient (Wildman–Crippen LogP) is 3.43. The van der Waals surface area contributed by atoms with E-state index in [1.165, 1.54) is 16.8 Å². The lowest BCUT2D eigenvalue weighted by molar-refractivity contribution is -0.138. The highest BCUT2D eigenvalue weighted by Crippen LogP contribution is 2.24. The van der Waals surface area contributed by atoms with Crippen LogP contribution in [0.3, 0.4) is 0 Å². The number of benzene rings is 2. The van der Waals surface area contributed by atoms with E-state index >= 15 is 0 Å². The van der Waals surface area contributed by atoms with Gasteiger partial charge in [0, 0.05) is 31.9 Å². The minimum atomic E-state index is -0.509. The standard InChI is InChI=1S/C22H28N2O3/c1-16-6-5-7-21(17(16)2)23-12-14-24(15-13-23)22(25)18(3)27-20-10-8-19(26-4)9-11-20/h5-11,18H,12-15H2,1-4H3/t18-/m0/s1. The summed E-state index contributed by atoms with van der Waals surface area (Å²) >= 11 is 0. The van der Waals surface area contributed by atoms with Crippen LogP contribution in [-0.2, 0) is 4.79 Å². The van der Waals surface area contributed by atoms with Crippen LogP contribution in [0.15, 0.2) is 42.5 Å². The van der Waals surface area contributed by atoms with Crippen LogP contribution in [0.5, 0.6) is 11.5 Å². The lowest BCUT2D eigenvalue weighted by atomic mass is 10.1. The molecule has 1 atom stereocenters. The van der Waals surface area contributed by atoms with Crippen LogP contribution < -0.4 is 14.4 Å². The fraction of sp³-hybridized carbons (Fsp3) is 0.409. The number of hydrogen-bond acceptors (Lipinski definition) is 4. The van der Waals surface area contributed by atoms with Crippen LogP contribution in [-0.4, -0.2) is 50.2 Å². The number of ether oxygens (including phenoxy) is 2. The van der Waals surface area contributed by atoms with Crippen LogP contribution in [0.1, 0.15) is 18.1 Å². The molecule has 1 aliphatic heterocycles. The number of aryl methyl sites for hydroxylation is 1. The van der Waals surface area contributed by atoms with Crippen molar-refractivity contribution in [3.63, 3.8) is 0 Å². The first-order valence-corrected chi connectivity index (χ1v) is 9.40. The van der Waals surface area contributed by atoms with Crippen molar-refractivity contribution in [3.05, 3.63) is 53.6 Å². The molecule has 144 valence electrons. The van der Waals surface area contributed by atoms with Gasteiger partial charge in [0.05, 0.1) is 7.11 Å². The van der Waals surface area contributed by atoms with Gasteiger partial charge in [-0.3, -0.25) is 4.79 Å². The Hall–Kier alpha value is -2.69. The molecule has 0 spiro atoms. The maximum atomic E-state index is 12.7. The maximum absolute atomic E-state index is 12.7. The van der Waals surface area contributed by atoms with E-state index in [2.05, 4.69) is 36.9 Å². The fourth-order valence-electron chi connectivity index (χ4n) is 3.41. The molecule has 1 amide bonds. The third-order valence-corrected chi connectivity index (χ3v) is 5.23. The quantitative estimate of drug-likeness (QED) is 0.811. The summed E-state index contributed by atoms with van der Waals surface area (Å²) < 4.78 is 11.0. The van der Waals surface area contributed by atoms with Crippen LogP contribution in [0, 0.1) is 13.8 Å². The number of rotatable bonds is 5. The molecule has 5 nitrogen and oxygen atoms in total. The summed E-state index contributed by atoms with van der Waals surface area (Å²) in [5, 5.41) is 0. The molecule has 1 saturated heterocycles. The third kappa shape index (κ3) is 4.35. The molecule has 2 aromatic carbocycles. The number of hydrogen-bond donors (Lipinski definition) is 0. The number of carbonyl (C=O) groups is 1. The first kappa shape index (κ1) is 19.1. The molecule has 0 unspecified atom stereocenters. The van der Waals surface area contributed by atoms with Gasteiger partial charge in [0.15, 0.2) is 6.10 Å². The number of nitrogens with zero attached hydrogens (tertiary/aromatic N) is 2. The zero-order valence-electron chi connectivity index (χ0n) is 16.6. The first-order chi connectivity index (χ1) is 13.0. The highest BCUT2D eigenvalue weighted by Gasteiger charge is 2.26. The van der Waals surface area contributed by atoms with Crippen molar-refractivity contribution in [2.45, 2.75) is 26.9 Å². The van der Waals surface area contributed by atoms with E-state index in [1.54, 1.807) is 7.11 Å². The second-order valence-corrected chi connectivity index (χ2v) is 6.97. The molecular weight excluding hydrogens is 340 g/mol. The van der Waals surface area contributed by atoms with E-state index in [-0.39, 0.29) is 5.91 Å². The van der Waals surface area contributed by atoms with Gasteiger partial charge in [-0.15, -0.1) is 0 Å². The van der Waals surface area contributed by atoms with Crippen LogP contribution in [0.4, 0.5) is 5.69 Å². The van der Waals surface area contributed by atoms with Gasteiger partial charge in [-0.1, -0.05) is 12.1 Å². The molecule has 0 saturated carbocycles. The Morgan fingerprint density at radius 3 is 2.22 bits per heavy atom. The van der Waals surface area contributed by atoms with Crippen molar-refractivity contribution in [3.8, 4) is 11.5 Å². The third-order valence-electron chi connectivity index (χ3n) is 5.23. The van der Waals surface area contributed by atoms with Gasteiger partial charge in [-0.25, -0.2) is 0 Å². The lowest BCUT2D eigenvalue weighted by Crippen LogP contribution is -2.52. The molecule has 0 N–H and O–H groups in total. The Kier molecular flexibility index (Phi) is 5.89. The zero-order valence-corrected chi connectivity index (χ0v) is 16.6. The summed E-state index contributed by atoms with van der Waals surface area (Å²) in [4.78, 5) is 17.0. The SMILES string of the molecule is COc1ccc(O[C@@H](C)C(=O)N2CCN(c3cccc(C)c3C)CC2)cc1. The van der Waals surface area contributed by atoms with Gasteiger partial charge in [0.25, 0.3) is 5.91 Å². The van der Waals surface area contributed by atoms with Gasteiger partial charge in [0.2, 0.25) is 0 Å². The monoisotopic (exact) mass is 368 g/mol. The smallest absolute Gasteiger partial charge is 0.263 e. The molecule has 0 bridgehead atoms. The summed E-state index contributed by atoms with van der Waals surface area (Å²) in [5.74, 6) is 1.47. The molecule has 0 radical (unpaired) electrons. The number of amides is 1. The molecular formula is C22H28N2O3. The van der Waals surface area contributed by atoms with E-state index in [9.17, 15) is 4.79 Å². The van der Waals surface area contributed by atoms with Crippen molar-refractivity contribution in [2.75, 3.05) is 38.2 Å². The Balaban J connectivity index is 1.56. The second-order valence-electron chi connectivity index (χ2n) is 6.97. The summed E-state index contributed by atoms with van der Waals surface area (Å²) in [7, 11) is 1.62. The molecule has 2 aromatic rings. The van der Waals surface area contributed by atoms with Crippen molar-refractivity contribution in [2.24, 2.45) is 0 Å². The average Bonchev–Trinajstić information content (AvgIpc) is 2.70. The minimum absolute atomic E-state index is 0.0337. The number of anilines is 1. The molecule has 3 rings (SSSR count). The molecule has 27 heavy (non-hydrogen) atoms. The Bertz CT molecular complexity index is 781. The largest absolute Gasteiger partial charge is 0.497 e. The summed E-state index contributed by atoms with van der Waals surface area (Å²) in [6.07, 6.45) is -0.509. The van der Waals surface area contributed by atoms with Gasteiger partial charge in [-0.2, -0.15) is 0 Å². The molecule has 1 heterocycles. The number of carbonyl (C=O) groups excluding carboxylic acids is 1. The van der Waals surface area contributed by atoms with Crippen molar-refractivity contribution in [1.82, 2.24) is 4.90 Å². The van der Waals surface area contributed by atoms with Gasteiger partial charge in [0.1, 0.15) is 11.5 Å². The lowest BCUT2D eigenvalue weighted by Gasteiger charge is -2.37. The van der Waals surface area contributed by atoms with Crippen molar-refractivity contribution >= 4 is 11.6 Å². The first-order valence-electron chi connectivity index (χ1n) is 9.40. The van der Waals surface area contributed by atoms with Gasteiger partial charge < -0.3 is 19.3 Å². The second kappa shape index (κ2) is 8.33. The molecule has 0 aromatic heterocycles. The minimum Gasteiger partial charge on any atom is -0.497 e. The summed E-state index contributed by atoms with van der Waals surface area (Å²) in [6, 6.07) is 13.7. The van der Waals surface area contributed by atoms with Gasteiger partial charge >= 0.3 is 0 Å². The molecule has 5 heteroatoms. The van der Waals surface area contributed by atoms with E-state index < -0.39 is 6.10 Å². The van der Waals surface area contributed by atoms with Crippen LogP contribution in [0.25, 0.3) is 0 Å². The zero-order chi connectivity index (χ0) is 19.4. The van der Waals surface area contributed by atoms with Crippen molar-refractivity contribution in [1.29, 1.82) is 0 Å². The van der Waals surface area contributed by atoms with E-state index in [0.29, 0.717) is 18.8 Å². The Labute approximate surface area is 161 Å². The number of methoxy groups -OCH3 is 1. The summed E-state index contributed by atoms with van der Waals surface area (Å²) in [6.45, 7) is 9.20. The van der Waals surface area contributed by atoms with Gasteiger partial charge in [-0.05, 0) is 62.2 Å². The Morgan fingerprint density at radius 1 is 0.963 bits per heavy atom. The van der Waals surface area contributed by atoms with E-state index in [1.807, 2.05) is 36.1 Å². The molecule has 1 fully saturated rings. The number of piperazine rings is 1. The summed E-state index contributed by atoms with van der Waals surface area (Å²) in [5.41, 5.74) is 3.88. The highest BCUT2D eigenvalue weighted by atomic mass is 16.5. The maximum Gasteiger partial charge on any atom is 0.263 e. The topological polar surface area (TPSA) is 42.0 Å². The highest BCUT2D eigenvalue weighted by molar-refractivity contribution is 5.81. The van der Waals surface area contributed by atoms with E-state index in [0.717, 1.165) is 18.8 Å². The molecule has 1 aliphatic rings. The van der Waals surface area contributed by atoms with E-state index in [4.69, 9.17) is 9.47 Å². The fourth-order valence-corrected chi connectivity index (χ4v) is 3.41. The predicted molar refractivity (Wildman–Crippen MR) is 108 cm³/mol. The normalized spacial score (nSPS) is 15.4. The molecule has 0 aliphatic carbocycles. The van der Waals surface area contributed by atoms with Crippen LogP contribution >= 0.6 is 0 Å². The Morgan fingerprint density at radius 2 is 1.59 bits per heavy atom. The average molecular weight is 368 g/mol. The van der Waals surface area contributed by atoms with Crippen LogP contribution in [0.2, 0.25) is 0 Å². The van der Waals surface area contributed by atoms with Crippen molar-refractivity contribution < 1.29 is 14.3 Å².